The predicted octanol–water partition coefficient (Wildman–Crippen LogP) is 2.72. The van der Waals surface area contributed by atoms with Gasteiger partial charge in [0.2, 0.25) is 17.6 Å². The zero-order valence-corrected chi connectivity index (χ0v) is 17.2. The van der Waals surface area contributed by atoms with Gasteiger partial charge in [0.15, 0.2) is 17.3 Å². The molecule has 10 heteroatoms. The summed E-state index contributed by atoms with van der Waals surface area (Å²) in [5.41, 5.74) is 0.912. The van der Waals surface area contributed by atoms with Crippen molar-refractivity contribution in [1.29, 1.82) is 0 Å². The van der Waals surface area contributed by atoms with Crippen LogP contribution in [0.25, 0.3) is 10.9 Å². The van der Waals surface area contributed by atoms with Crippen molar-refractivity contribution in [2.45, 2.75) is 6.42 Å². The number of nitrogens with zero attached hydrogens (tertiary/aromatic N) is 2. The number of fused-ring (bicyclic) bond motifs is 1. The Balaban J connectivity index is 1.55. The normalized spacial score (nSPS) is 15.9. The van der Waals surface area contributed by atoms with Crippen molar-refractivity contribution in [3.63, 3.8) is 0 Å². The molecule has 1 saturated heterocycles. The minimum Gasteiger partial charge on any atom is -0.493 e. The van der Waals surface area contributed by atoms with E-state index < -0.39 is 11.7 Å². The predicted molar refractivity (Wildman–Crippen MR) is 111 cm³/mol. The number of halogens is 1. The van der Waals surface area contributed by atoms with Crippen molar-refractivity contribution in [2.24, 2.45) is 5.92 Å². The Kier molecular flexibility index (Phi) is 5.37. The first kappa shape index (κ1) is 20.5. The zero-order valence-electron chi connectivity index (χ0n) is 17.2. The number of aromatic nitrogens is 2. The van der Waals surface area contributed by atoms with Crippen LogP contribution in [-0.2, 0) is 9.59 Å². The molecule has 0 saturated carbocycles. The molecule has 31 heavy (non-hydrogen) atoms. The maximum atomic E-state index is 14.3. The van der Waals surface area contributed by atoms with Crippen LogP contribution >= 0.6 is 0 Å². The van der Waals surface area contributed by atoms with Crippen molar-refractivity contribution in [3.05, 3.63) is 36.1 Å². The van der Waals surface area contributed by atoms with Crippen molar-refractivity contribution in [3.8, 4) is 17.2 Å². The summed E-state index contributed by atoms with van der Waals surface area (Å²) in [6.07, 6.45) is -0.0148. The molecule has 2 heterocycles. The molecule has 0 unspecified atom stereocenters. The van der Waals surface area contributed by atoms with Gasteiger partial charge < -0.3 is 19.5 Å². The lowest BCUT2D eigenvalue weighted by molar-refractivity contribution is -0.122. The lowest BCUT2D eigenvalue weighted by Gasteiger charge is -2.16. The number of hydrogen-bond acceptors (Lipinski definition) is 6. The van der Waals surface area contributed by atoms with Crippen LogP contribution < -0.4 is 24.4 Å². The highest BCUT2D eigenvalue weighted by Gasteiger charge is 2.37. The third-order valence-electron chi connectivity index (χ3n) is 5.20. The van der Waals surface area contributed by atoms with Crippen LogP contribution in [0.15, 0.2) is 30.3 Å². The maximum Gasteiger partial charge on any atom is 0.229 e. The topological polar surface area (TPSA) is 106 Å². The molecular formula is C21H21FN4O5. The summed E-state index contributed by atoms with van der Waals surface area (Å²) in [4.78, 5) is 26.8. The van der Waals surface area contributed by atoms with E-state index in [1.807, 2.05) is 0 Å². The quantitative estimate of drug-likeness (QED) is 0.625. The van der Waals surface area contributed by atoms with E-state index in [2.05, 4.69) is 15.5 Å². The van der Waals surface area contributed by atoms with Gasteiger partial charge in [0.05, 0.1) is 38.2 Å². The van der Waals surface area contributed by atoms with Gasteiger partial charge in [0.25, 0.3) is 0 Å². The molecule has 4 rings (SSSR count). The molecule has 0 radical (unpaired) electrons. The summed E-state index contributed by atoms with van der Waals surface area (Å²) >= 11 is 0. The number of H-pyrrole nitrogens is 1. The monoisotopic (exact) mass is 428 g/mol. The summed E-state index contributed by atoms with van der Waals surface area (Å²) in [7, 11) is 4.44. The standard InChI is InChI=1S/C21H21FN4O5/c1-29-15-8-12(9-16(30-2)19(15)31-3)23-21(28)11-7-17(27)26(10-11)20-18-13(22)5-4-6-14(18)24-25-20/h4-6,8-9,11H,7,10H2,1-3H3,(H,23,28)(H,24,25)/t11-/m1/s1. The number of hydrogen-bond donors (Lipinski definition) is 2. The van der Waals surface area contributed by atoms with Crippen LogP contribution in [0.1, 0.15) is 6.42 Å². The molecule has 1 aromatic heterocycles. The molecule has 0 spiro atoms. The second-order valence-corrected chi connectivity index (χ2v) is 7.02. The molecule has 2 aromatic carbocycles. The number of nitrogens with one attached hydrogen (secondary N) is 2. The molecular weight excluding hydrogens is 407 g/mol. The highest BCUT2D eigenvalue weighted by molar-refractivity contribution is 6.07. The van der Waals surface area contributed by atoms with Crippen molar-refractivity contribution >= 4 is 34.2 Å². The Morgan fingerprint density at radius 1 is 1.19 bits per heavy atom. The second kappa shape index (κ2) is 8.13. The SMILES string of the molecule is COc1cc(NC(=O)[C@@H]2CC(=O)N(c3n[nH]c4cccc(F)c34)C2)cc(OC)c1OC. The first-order valence-electron chi connectivity index (χ1n) is 9.50. The highest BCUT2D eigenvalue weighted by atomic mass is 19.1. The van der Waals surface area contributed by atoms with Gasteiger partial charge in [-0.3, -0.25) is 19.6 Å². The van der Waals surface area contributed by atoms with E-state index >= 15 is 0 Å². The molecule has 0 aliphatic carbocycles. The number of methoxy groups -OCH3 is 3. The third kappa shape index (κ3) is 3.60. The summed E-state index contributed by atoms with van der Waals surface area (Å²) in [5.74, 6) is -0.421. The van der Waals surface area contributed by atoms with Crippen molar-refractivity contribution in [2.75, 3.05) is 38.1 Å². The van der Waals surface area contributed by atoms with Crippen LogP contribution in [-0.4, -0.2) is 49.9 Å². The fourth-order valence-electron chi connectivity index (χ4n) is 3.69. The summed E-state index contributed by atoms with van der Waals surface area (Å²) in [6.45, 7) is 0.0867. The van der Waals surface area contributed by atoms with Crippen LogP contribution in [0.5, 0.6) is 17.2 Å². The molecule has 1 aliphatic rings. The number of amides is 2. The molecule has 1 fully saturated rings. The van der Waals surface area contributed by atoms with E-state index in [0.717, 1.165) is 0 Å². The van der Waals surface area contributed by atoms with Gasteiger partial charge in [-0.1, -0.05) is 6.07 Å². The van der Waals surface area contributed by atoms with Gasteiger partial charge in [0.1, 0.15) is 5.82 Å². The number of aromatic amines is 1. The van der Waals surface area contributed by atoms with E-state index in [1.165, 1.54) is 32.3 Å². The fraction of sp³-hybridized carbons (Fsp3) is 0.286. The van der Waals surface area contributed by atoms with Gasteiger partial charge in [-0.2, -0.15) is 5.10 Å². The van der Waals surface area contributed by atoms with Gasteiger partial charge in [0, 0.05) is 30.8 Å². The van der Waals surface area contributed by atoms with Crippen LogP contribution in [0.4, 0.5) is 15.9 Å². The van der Waals surface area contributed by atoms with Gasteiger partial charge in [-0.15, -0.1) is 0 Å². The Morgan fingerprint density at radius 3 is 2.55 bits per heavy atom. The lowest BCUT2D eigenvalue weighted by atomic mass is 10.1. The molecule has 162 valence electrons. The molecule has 1 aliphatic heterocycles. The van der Waals surface area contributed by atoms with Gasteiger partial charge in [-0.25, -0.2) is 4.39 Å². The largest absolute Gasteiger partial charge is 0.493 e. The molecule has 0 bridgehead atoms. The molecule has 2 amide bonds. The molecule has 1 atom stereocenters. The second-order valence-electron chi connectivity index (χ2n) is 7.02. The van der Waals surface area contributed by atoms with Gasteiger partial charge in [-0.05, 0) is 12.1 Å². The average Bonchev–Trinajstić information content (AvgIpc) is 3.37. The van der Waals surface area contributed by atoms with E-state index in [9.17, 15) is 14.0 Å². The highest BCUT2D eigenvalue weighted by Crippen LogP contribution is 2.40. The van der Waals surface area contributed by atoms with Crippen molar-refractivity contribution < 1.29 is 28.2 Å². The Labute approximate surface area is 177 Å². The van der Waals surface area contributed by atoms with E-state index in [4.69, 9.17) is 14.2 Å². The average molecular weight is 428 g/mol. The Morgan fingerprint density at radius 2 is 1.90 bits per heavy atom. The zero-order chi connectivity index (χ0) is 22.1. The summed E-state index contributed by atoms with van der Waals surface area (Å²) in [5, 5.41) is 9.82. The number of carbonyl (C=O) groups is 2. The minimum absolute atomic E-state index is 0.0148. The fourth-order valence-corrected chi connectivity index (χ4v) is 3.69. The minimum atomic E-state index is -0.634. The summed E-state index contributed by atoms with van der Waals surface area (Å²) < 4.78 is 30.2. The van der Waals surface area contributed by atoms with Crippen LogP contribution in [0, 0.1) is 11.7 Å². The molecule has 2 N–H and O–H groups in total. The molecule has 3 aromatic rings. The maximum absolute atomic E-state index is 14.3. The van der Waals surface area contributed by atoms with Crippen LogP contribution in [0.2, 0.25) is 0 Å². The Hall–Kier alpha value is -3.82. The van der Waals surface area contributed by atoms with E-state index in [1.54, 1.807) is 24.3 Å². The van der Waals surface area contributed by atoms with Crippen molar-refractivity contribution in [1.82, 2.24) is 10.2 Å². The number of rotatable bonds is 6. The Bertz CT molecular complexity index is 1140. The lowest BCUT2D eigenvalue weighted by Crippen LogP contribution is -2.28. The first-order valence-corrected chi connectivity index (χ1v) is 9.50. The van der Waals surface area contributed by atoms with Gasteiger partial charge >= 0.3 is 0 Å². The summed E-state index contributed by atoms with van der Waals surface area (Å²) in [6, 6.07) is 7.73. The smallest absolute Gasteiger partial charge is 0.229 e. The number of anilines is 2. The number of ether oxygens (including phenoxy) is 3. The van der Waals surface area contributed by atoms with E-state index in [-0.39, 0.29) is 36.0 Å². The van der Waals surface area contributed by atoms with Crippen LogP contribution in [0.3, 0.4) is 0 Å². The molecule has 9 nitrogen and oxygen atoms in total. The number of benzene rings is 2. The van der Waals surface area contributed by atoms with E-state index in [0.29, 0.717) is 28.5 Å². The number of carbonyl (C=O) groups excluding carboxylic acids is 2. The first-order chi connectivity index (χ1) is 15.0. The third-order valence-corrected chi connectivity index (χ3v) is 5.20.